The summed E-state index contributed by atoms with van der Waals surface area (Å²) in [5.74, 6) is -0.483. The van der Waals surface area contributed by atoms with Crippen LogP contribution in [0.5, 0.6) is 5.75 Å². The molecule has 1 aromatic rings. The van der Waals surface area contributed by atoms with E-state index in [2.05, 4.69) is 27.9 Å². The van der Waals surface area contributed by atoms with E-state index < -0.39 is 11.5 Å². The van der Waals surface area contributed by atoms with Crippen LogP contribution in [0.1, 0.15) is 23.7 Å². The third-order valence-electron chi connectivity index (χ3n) is 2.68. The first-order valence-corrected chi connectivity index (χ1v) is 6.91. The van der Waals surface area contributed by atoms with E-state index in [4.69, 9.17) is 4.74 Å². The van der Waals surface area contributed by atoms with Gasteiger partial charge in [0, 0.05) is 30.3 Å². The number of halogens is 1. The highest BCUT2D eigenvalue weighted by Gasteiger charge is 2.22. The van der Waals surface area contributed by atoms with E-state index in [-0.39, 0.29) is 17.9 Å². The molecule has 0 aromatic heterocycles. The van der Waals surface area contributed by atoms with Gasteiger partial charge in [-0.3, -0.25) is 4.79 Å². The van der Waals surface area contributed by atoms with Crippen LogP contribution in [0.25, 0.3) is 0 Å². The van der Waals surface area contributed by atoms with E-state index in [1.165, 1.54) is 6.07 Å². The van der Waals surface area contributed by atoms with Gasteiger partial charge in [0.15, 0.2) is 0 Å². The summed E-state index contributed by atoms with van der Waals surface area (Å²) in [5, 5.41) is 22.2. The first-order chi connectivity index (χ1) is 8.85. The lowest BCUT2D eigenvalue weighted by molar-refractivity contribution is 0.0243. The van der Waals surface area contributed by atoms with Crippen LogP contribution in [0.15, 0.2) is 18.2 Å². The van der Waals surface area contributed by atoms with Crippen molar-refractivity contribution in [1.29, 1.82) is 0 Å². The van der Waals surface area contributed by atoms with Gasteiger partial charge in [-0.25, -0.2) is 0 Å². The lowest BCUT2D eigenvalue weighted by Gasteiger charge is -2.23. The second-order valence-corrected chi connectivity index (χ2v) is 5.83. The number of rotatable bonds is 6. The summed E-state index contributed by atoms with van der Waals surface area (Å²) in [6, 6.07) is 4.77. The number of benzene rings is 1. The fraction of sp³-hybridized carbons (Fsp3) is 0.462. The van der Waals surface area contributed by atoms with E-state index in [1.54, 1.807) is 26.2 Å². The van der Waals surface area contributed by atoms with Crippen LogP contribution in [0.2, 0.25) is 0 Å². The van der Waals surface area contributed by atoms with Crippen molar-refractivity contribution in [2.45, 2.75) is 18.9 Å². The fourth-order valence-electron chi connectivity index (χ4n) is 1.47. The standard InChI is InChI=1S/C13H18INO4/c1-13(18,5-6-19-2)8-15-12(17)10-7-9(14)3-4-11(10)16/h3-4,7,16,18H,5-6,8H2,1-2H3,(H,15,17). The molecule has 0 fully saturated rings. The highest BCUT2D eigenvalue weighted by Crippen LogP contribution is 2.19. The Morgan fingerprint density at radius 2 is 2.21 bits per heavy atom. The lowest BCUT2D eigenvalue weighted by Crippen LogP contribution is -2.41. The van der Waals surface area contributed by atoms with Gasteiger partial charge in [0.1, 0.15) is 5.75 Å². The molecule has 0 radical (unpaired) electrons. The van der Waals surface area contributed by atoms with Crippen molar-refractivity contribution in [2.24, 2.45) is 0 Å². The van der Waals surface area contributed by atoms with Crippen molar-refractivity contribution < 1.29 is 19.7 Å². The van der Waals surface area contributed by atoms with Crippen LogP contribution in [-0.4, -0.2) is 42.0 Å². The summed E-state index contributed by atoms with van der Waals surface area (Å²) in [5.41, 5.74) is -0.835. The zero-order valence-corrected chi connectivity index (χ0v) is 13.1. The van der Waals surface area contributed by atoms with E-state index in [0.29, 0.717) is 13.0 Å². The molecule has 0 aliphatic rings. The summed E-state index contributed by atoms with van der Waals surface area (Å²) in [4.78, 5) is 11.9. The van der Waals surface area contributed by atoms with Crippen LogP contribution >= 0.6 is 22.6 Å². The van der Waals surface area contributed by atoms with Gasteiger partial charge in [-0.15, -0.1) is 0 Å². The molecule has 0 aliphatic heterocycles. The molecule has 0 saturated heterocycles. The number of hydrogen-bond donors (Lipinski definition) is 3. The number of hydrogen-bond acceptors (Lipinski definition) is 4. The van der Waals surface area contributed by atoms with E-state index in [9.17, 15) is 15.0 Å². The van der Waals surface area contributed by atoms with Crippen molar-refractivity contribution >= 4 is 28.5 Å². The van der Waals surface area contributed by atoms with Crippen LogP contribution < -0.4 is 5.32 Å². The average Bonchev–Trinajstić information content (AvgIpc) is 2.36. The van der Waals surface area contributed by atoms with Gasteiger partial charge in [-0.2, -0.15) is 0 Å². The highest BCUT2D eigenvalue weighted by atomic mass is 127. The number of aliphatic hydroxyl groups is 1. The topological polar surface area (TPSA) is 78.8 Å². The van der Waals surface area contributed by atoms with Gasteiger partial charge in [0.25, 0.3) is 5.91 Å². The number of carbonyl (C=O) groups excluding carboxylic acids is 1. The van der Waals surface area contributed by atoms with Crippen molar-refractivity contribution in [3.63, 3.8) is 0 Å². The summed E-state index contributed by atoms with van der Waals surface area (Å²) < 4.78 is 5.74. The maximum Gasteiger partial charge on any atom is 0.255 e. The largest absolute Gasteiger partial charge is 0.507 e. The Morgan fingerprint density at radius 3 is 2.84 bits per heavy atom. The zero-order valence-electron chi connectivity index (χ0n) is 10.9. The Kier molecular flexibility index (Phi) is 6.02. The molecule has 1 atom stereocenters. The second-order valence-electron chi connectivity index (χ2n) is 4.58. The fourth-order valence-corrected chi connectivity index (χ4v) is 1.96. The normalized spacial score (nSPS) is 13.9. The number of methoxy groups -OCH3 is 1. The Hall–Kier alpha value is -0.860. The first kappa shape index (κ1) is 16.2. The van der Waals surface area contributed by atoms with Crippen molar-refractivity contribution in [1.82, 2.24) is 5.32 Å². The Labute approximate surface area is 126 Å². The highest BCUT2D eigenvalue weighted by molar-refractivity contribution is 14.1. The molecule has 0 aliphatic carbocycles. The van der Waals surface area contributed by atoms with E-state index in [1.807, 2.05) is 0 Å². The Bertz CT molecular complexity index is 448. The van der Waals surface area contributed by atoms with Gasteiger partial charge in [0.05, 0.1) is 11.2 Å². The molecule has 0 bridgehead atoms. The Balaban J connectivity index is 2.62. The van der Waals surface area contributed by atoms with Crippen molar-refractivity contribution in [3.8, 4) is 5.75 Å². The summed E-state index contributed by atoms with van der Waals surface area (Å²) in [7, 11) is 1.55. The summed E-state index contributed by atoms with van der Waals surface area (Å²) >= 11 is 2.06. The van der Waals surface area contributed by atoms with E-state index >= 15 is 0 Å². The lowest BCUT2D eigenvalue weighted by atomic mass is 10.0. The van der Waals surface area contributed by atoms with Crippen molar-refractivity contribution in [3.05, 3.63) is 27.3 Å². The molecule has 3 N–H and O–H groups in total. The van der Waals surface area contributed by atoms with Crippen molar-refractivity contribution in [2.75, 3.05) is 20.3 Å². The summed E-state index contributed by atoms with van der Waals surface area (Å²) in [6.45, 7) is 2.14. The van der Waals surface area contributed by atoms with Gasteiger partial charge >= 0.3 is 0 Å². The first-order valence-electron chi connectivity index (χ1n) is 5.84. The molecule has 19 heavy (non-hydrogen) atoms. The molecule has 106 valence electrons. The van der Waals surface area contributed by atoms with E-state index in [0.717, 1.165) is 3.57 Å². The molecule has 5 nitrogen and oxygen atoms in total. The SMILES string of the molecule is COCCC(C)(O)CNC(=O)c1cc(I)ccc1O. The number of nitrogens with one attached hydrogen (secondary N) is 1. The van der Waals surface area contributed by atoms with Gasteiger partial charge in [-0.1, -0.05) is 0 Å². The molecule has 1 rings (SSSR count). The van der Waals surface area contributed by atoms with Crippen LogP contribution in [-0.2, 0) is 4.74 Å². The van der Waals surface area contributed by atoms with Gasteiger partial charge in [-0.05, 0) is 47.7 Å². The minimum Gasteiger partial charge on any atom is -0.507 e. The monoisotopic (exact) mass is 379 g/mol. The molecule has 1 amide bonds. The molecule has 1 aromatic carbocycles. The molecular formula is C13H18INO4. The third-order valence-corrected chi connectivity index (χ3v) is 3.35. The number of aromatic hydroxyl groups is 1. The maximum atomic E-state index is 11.9. The van der Waals surface area contributed by atoms with Crippen LogP contribution in [0.3, 0.4) is 0 Å². The molecule has 0 spiro atoms. The smallest absolute Gasteiger partial charge is 0.255 e. The minimum atomic E-state index is -1.04. The summed E-state index contributed by atoms with van der Waals surface area (Å²) in [6.07, 6.45) is 0.419. The zero-order chi connectivity index (χ0) is 14.5. The van der Waals surface area contributed by atoms with Gasteiger partial charge < -0.3 is 20.3 Å². The molecule has 1 unspecified atom stereocenters. The number of carbonyl (C=O) groups is 1. The molecular weight excluding hydrogens is 361 g/mol. The number of ether oxygens (including phenoxy) is 1. The molecule has 6 heteroatoms. The second kappa shape index (κ2) is 7.06. The predicted molar refractivity (Wildman–Crippen MR) is 80.3 cm³/mol. The molecule has 0 heterocycles. The third kappa shape index (κ3) is 5.33. The van der Waals surface area contributed by atoms with Crippen LogP contribution in [0.4, 0.5) is 0 Å². The van der Waals surface area contributed by atoms with Gasteiger partial charge in [0.2, 0.25) is 0 Å². The number of phenols is 1. The van der Waals surface area contributed by atoms with Crippen LogP contribution in [0, 0.1) is 3.57 Å². The number of amides is 1. The predicted octanol–water partition coefficient (Wildman–Crippen LogP) is 1.51. The average molecular weight is 379 g/mol. The minimum absolute atomic E-state index is 0.0746. The maximum absolute atomic E-state index is 11.9. The Morgan fingerprint density at radius 1 is 1.53 bits per heavy atom. The number of phenolic OH excluding ortho intramolecular Hbond substituents is 1. The molecule has 0 saturated carbocycles. The quantitative estimate of drug-likeness (QED) is 0.655.